The lowest BCUT2D eigenvalue weighted by atomic mass is 9.94. The van der Waals surface area contributed by atoms with Crippen LogP contribution in [0.1, 0.15) is 44.4 Å². The predicted molar refractivity (Wildman–Crippen MR) is 67.0 cm³/mol. The molecular formula is C14H22FN. The number of aryl methyl sites for hydroxylation is 1. The van der Waals surface area contributed by atoms with Crippen molar-refractivity contribution in [3.8, 4) is 0 Å². The van der Waals surface area contributed by atoms with Gasteiger partial charge in [0.05, 0.1) is 0 Å². The third-order valence-electron chi connectivity index (χ3n) is 2.77. The molecular weight excluding hydrogens is 201 g/mol. The minimum atomic E-state index is -0.0951. The minimum absolute atomic E-state index is 0.0951. The first-order valence-electron chi connectivity index (χ1n) is 6.05. The third kappa shape index (κ3) is 3.31. The van der Waals surface area contributed by atoms with Gasteiger partial charge in [-0.3, -0.25) is 0 Å². The van der Waals surface area contributed by atoms with Gasteiger partial charge in [0.2, 0.25) is 0 Å². The monoisotopic (exact) mass is 223 g/mol. The second-order valence-electron chi connectivity index (χ2n) is 4.70. The van der Waals surface area contributed by atoms with Crippen LogP contribution < -0.4 is 5.32 Å². The van der Waals surface area contributed by atoms with Crippen LogP contribution in [-0.2, 0) is 0 Å². The van der Waals surface area contributed by atoms with Crippen LogP contribution in [0.2, 0.25) is 0 Å². The van der Waals surface area contributed by atoms with E-state index >= 15 is 0 Å². The van der Waals surface area contributed by atoms with Crippen LogP contribution in [-0.4, -0.2) is 6.54 Å². The van der Waals surface area contributed by atoms with Crippen molar-refractivity contribution >= 4 is 0 Å². The number of nitrogens with one attached hydrogen (secondary N) is 1. The molecule has 0 aliphatic rings. The second-order valence-corrected chi connectivity index (χ2v) is 4.70. The fourth-order valence-corrected chi connectivity index (χ4v) is 1.89. The summed E-state index contributed by atoms with van der Waals surface area (Å²) in [6.45, 7) is 9.20. The van der Waals surface area contributed by atoms with Crippen molar-refractivity contribution in [3.63, 3.8) is 0 Å². The Morgan fingerprint density at radius 2 is 2.00 bits per heavy atom. The Labute approximate surface area is 98.1 Å². The molecule has 1 unspecified atom stereocenters. The van der Waals surface area contributed by atoms with E-state index in [1.54, 1.807) is 6.07 Å². The van der Waals surface area contributed by atoms with E-state index in [2.05, 4.69) is 26.1 Å². The summed E-state index contributed by atoms with van der Waals surface area (Å²) in [5, 5.41) is 3.41. The van der Waals surface area contributed by atoms with E-state index in [4.69, 9.17) is 0 Å². The van der Waals surface area contributed by atoms with Gasteiger partial charge in [0.15, 0.2) is 0 Å². The van der Waals surface area contributed by atoms with Crippen molar-refractivity contribution in [2.24, 2.45) is 5.92 Å². The highest BCUT2D eigenvalue weighted by molar-refractivity contribution is 5.26. The number of rotatable bonds is 5. The van der Waals surface area contributed by atoms with Crippen LogP contribution in [0.15, 0.2) is 18.2 Å². The number of halogens is 1. The molecule has 0 aromatic heterocycles. The average Bonchev–Trinajstić information content (AvgIpc) is 2.20. The molecule has 0 radical (unpaired) electrons. The Kier molecular flexibility index (Phi) is 4.94. The van der Waals surface area contributed by atoms with Crippen molar-refractivity contribution < 1.29 is 4.39 Å². The van der Waals surface area contributed by atoms with Crippen molar-refractivity contribution in [2.45, 2.75) is 40.2 Å². The largest absolute Gasteiger partial charge is 0.310 e. The lowest BCUT2D eigenvalue weighted by Crippen LogP contribution is -2.27. The van der Waals surface area contributed by atoms with Crippen LogP contribution in [0.5, 0.6) is 0 Å². The molecule has 1 nitrogen and oxygen atoms in total. The first-order valence-corrected chi connectivity index (χ1v) is 6.05. The molecule has 0 saturated carbocycles. The van der Waals surface area contributed by atoms with Gasteiger partial charge in [0, 0.05) is 11.6 Å². The van der Waals surface area contributed by atoms with Gasteiger partial charge in [-0.25, -0.2) is 4.39 Å². The second kappa shape index (κ2) is 6.00. The maximum absolute atomic E-state index is 13.8. The van der Waals surface area contributed by atoms with Crippen molar-refractivity contribution in [1.29, 1.82) is 0 Å². The van der Waals surface area contributed by atoms with Gasteiger partial charge in [-0.05, 0) is 37.4 Å². The van der Waals surface area contributed by atoms with E-state index in [0.29, 0.717) is 5.92 Å². The summed E-state index contributed by atoms with van der Waals surface area (Å²) in [5.41, 5.74) is 1.76. The first-order chi connectivity index (χ1) is 7.56. The van der Waals surface area contributed by atoms with Crippen LogP contribution in [0.4, 0.5) is 4.39 Å². The van der Waals surface area contributed by atoms with Gasteiger partial charge >= 0.3 is 0 Å². The standard InChI is InChI=1S/C14H22FN/c1-5-8-16-14(10(2)3)12-7-6-11(4)9-13(12)15/h6-7,9-10,14,16H,5,8H2,1-4H3. The van der Waals surface area contributed by atoms with Crippen molar-refractivity contribution in [2.75, 3.05) is 6.54 Å². The molecule has 16 heavy (non-hydrogen) atoms. The SMILES string of the molecule is CCCNC(c1ccc(C)cc1F)C(C)C. The molecule has 0 spiro atoms. The fourth-order valence-electron chi connectivity index (χ4n) is 1.89. The molecule has 1 N–H and O–H groups in total. The normalized spacial score (nSPS) is 13.1. The minimum Gasteiger partial charge on any atom is -0.310 e. The lowest BCUT2D eigenvalue weighted by Gasteiger charge is -2.23. The first kappa shape index (κ1) is 13.2. The fraction of sp³-hybridized carbons (Fsp3) is 0.571. The van der Waals surface area contributed by atoms with Crippen molar-refractivity contribution in [1.82, 2.24) is 5.32 Å². The smallest absolute Gasteiger partial charge is 0.128 e. The summed E-state index contributed by atoms with van der Waals surface area (Å²) in [5.74, 6) is 0.297. The summed E-state index contributed by atoms with van der Waals surface area (Å²) in [7, 11) is 0. The van der Waals surface area contributed by atoms with Gasteiger partial charge in [-0.15, -0.1) is 0 Å². The number of hydrogen-bond donors (Lipinski definition) is 1. The van der Waals surface area contributed by atoms with Crippen LogP contribution in [0, 0.1) is 18.7 Å². The maximum atomic E-state index is 13.8. The van der Waals surface area contributed by atoms with Gasteiger partial charge in [0.25, 0.3) is 0 Å². The van der Waals surface area contributed by atoms with Crippen LogP contribution >= 0.6 is 0 Å². The molecule has 1 aromatic rings. The molecule has 1 rings (SSSR count). The topological polar surface area (TPSA) is 12.0 Å². The number of benzene rings is 1. The van der Waals surface area contributed by atoms with E-state index in [9.17, 15) is 4.39 Å². The van der Waals surface area contributed by atoms with Gasteiger partial charge in [-0.2, -0.15) is 0 Å². The molecule has 1 aromatic carbocycles. The van der Waals surface area contributed by atoms with E-state index in [1.165, 1.54) is 0 Å². The summed E-state index contributed by atoms with van der Waals surface area (Å²) in [6.07, 6.45) is 1.07. The highest BCUT2D eigenvalue weighted by Crippen LogP contribution is 2.24. The molecule has 0 amide bonds. The Bertz CT molecular complexity index is 334. The summed E-state index contributed by atoms with van der Waals surface area (Å²) >= 11 is 0. The Morgan fingerprint density at radius 1 is 1.31 bits per heavy atom. The zero-order valence-corrected chi connectivity index (χ0v) is 10.7. The highest BCUT2D eigenvalue weighted by atomic mass is 19.1. The maximum Gasteiger partial charge on any atom is 0.128 e. The highest BCUT2D eigenvalue weighted by Gasteiger charge is 2.18. The Morgan fingerprint density at radius 3 is 2.50 bits per heavy atom. The molecule has 0 bridgehead atoms. The Balaban J connectivity index is 2.92. The van der Waals surface area contributed by atoms with Gasteiger partial charge < -0.3 is 5.32 Å². The van der Waals surface area contributed by atoms with E-state index in [-0.39, 0.29) is 11.9 Å². The predicted octanol–water partition coefficient (Wildman–Crippen LogP) is 3.83. The molecule has 0 heterocycles. The lowest BCUT2D eigenvalue weighted by molar-refractivity contribution is 0.398. The molecule has 0 aliphatic carbocycles. The summed E-state index contributed by atoms with van der Waals surface area (Å²) in [6, 6.07) is 5.60. The molecule has 2 heteroatoms. The van der Waals surface area contributed by atoms with E-state index < -0.39 is 0 Å². The molecule has 90 valence electrons. The van der Waals surface area contributed by atoms with Gasteiger partial charge in [-0.1, -0.05) is 32.9 Å². The van der Waals surface area contributed by atoms with Crippen LogP contribution in [0.3, 0.4) is 0 Å². The Hall–Kier alpha value is -0.890. The summed E-state index contributed by atoms with van der Waals surface area (Å²) in [4.78, 5) is 0. The molecule has 0 fully saturated rings. The number of hydrogen-bond acceptors (Lipinski definition) is 1. The zero-order valence-electron chi connectivity index (χ0n) is 10.7. The quantitative estimate of drug-likeness (QED) is 0.800. The average molecular weight is 223 g/mol. The molecule has 1 atom stereocenters. The molecule has 0 aliphatic heterocycles. The van der Waals surface area contributed by atoms with Crippen LogP contribution in [0.25, 0.3) is 0 Å². The van der Waals surface area contributed by atoms with Gasteiger partial charge in [0.1, 0.15) is 5.82 Å². The van der Waals surface area contributed by atoms with E-state index in [1.807, 2.05) is 19.1 Å². The van der Waals surface area contributed by atoms with Crippen molar-refractivity contribution in [3.05, 3.63) is 35.1 Å². The molecule has 0 saturated heterocycles. The zero-order chi connectivity index (χ0) is 12.1. The third-order valence-corrected chi connectivity index (χ3v) is 2.77. The summed E-state index contributed by atoms with van der Waals surface area (Å²) < 4.78 is 13.8. The van der Waals surface area contributed by atoms with E-state index in [0.717, 1.165) is 24.1 Å².